The van der Waals surface area contributed by atoms with Gasteiger partial charge in [0.1, 0.15) is 5.78 Å². The van der Waals surface area contributed by atoms with Crippen molar-refractivity contribution in [1.29, 1.82) is 0 Å². The molecule has 1 heterocycles. The summed E-state index contributed by atoms with van der Waals surface area (Å²) in [6.45, 7) is 6.10. The Kier molecular flexibility index (Phi) is 4.88. The van der Waals surface area contributed by atoms with Gasteiger partial charge in [-0.15, -0.1) is 0 Å². The normalized spacial score (nSPS) is 28.4. The molecule has 4 unspecified atom stereocenters. The highest BCUT2D eigenvalue weighted by atomic mass is 16.5. The summed E-state index contributed by atoms with van der Waals surface area (Å²) in [6.07, 6.45) is 0.525. The largest absolute Gasteiger partial charge is 0.493 e. The second-order valence-corrected chi connectivity index (χ2v) is 5.76. The number of hydrogen-bond donors (Lipinski definition) is 0. The summed E-state index contributed by atoms with van der Waals surface area (Å²) < 4.78 is 16.3. The maximum Gasteiger partial charge on any atom is 0.161 e. The molecule has 1 fully saturated rings. The summed E-state index contributed by atoms with van der Waals surface area (Å²) in [5, 5.41) is 0. The Morgan fingerprint density at radius 3 is 2.29 bits per heavy atom. The number of carbonyl (C=O) groups excluding carboxylic acids is 1. The van der Waals surface area contributed by atoms with Crippen LogP contribution in [0.1, 0.15) is 26.3 Å². The third kappa shape index (κ3) is 3.21. The molecule has 1 aromatic carbocycles. The minimum Gasteiger partial charge on any atom is -0.493 e. The molecule has 2 rings (SSSR count). The van der Waals surface area contributed by atoms with Gasteiger partial charge in [-0.05, 0) is 37.5 Å². The van der Waals surface area contributed by atoms with E-state index in [9.17, 15) is 4.79 Å². The van der Waals surface area contributed by atoms with Crippen LogP contribution in [0.4, 0.5) is 0 Å². The number of ketones is 1. The third-order valence-corrected chi connectivity index (χ3v) is 4.44. The van der Waals surface area contributed by atoms with Gasteiger partial charge in [0.2, 0.25) is 0 Å². The maximum atomic E-state index is 12.6. The van der Waals surface area contributed by atoms with Crippen molar-refractivity contribution >= 4 is 5.78 Å². The predicted molar refractivity (Wildman–Crippen MR) is 80.9 cm³/mol. The maximum absolute atomic E-state index is 12.6. The fraction of sp³-hybridized carbons (Fsp3) is 0.588. The first-order valence-electron chi connectivity index (χ1n) is 7.37. The lowest BCUT2D eigenvalue weighted by molar-refractivity contribution is -0.124. The second kappa shape index (κ2) is 6.48. The van der Waals surface area contributed by atoms with E-state index in [1.54, 1.807) is 14.2 Å². The summed E-state index contributed by atoms with van der Waals surface area (Å²) in [5.74, 6) is 1.78. The van der Waals surface area contributed by atoms with Crippen molar-refractivity contribution in [1.82, 2.24) is 0 Å². The summed E-state index contributed by atoms with van der Waals surface area (Å²) in [5.41, 5.74) is 0.941. The molecule has 1 saturated heterocycles. The lowest BCUT2D eigenvalue weighted by Crippen LogP contribution is -2.28. The van der Waals surface area contributed by atoms with E-state index in [4.69, 9.17) is 14.2 Å². The fourth-order valence-corrected chi connectivity index (χ4v) is 3.13. The molecule has 0 amide bonds. The molecule has 21 heavy (non-hydrogen) atoms. The van der Waals surface area contributed by atoms with Gasteiger partial charge in [-0.1, -0.05) is 13.0 Å². The lowest BCUT2D eigenvalue weighted by atomic mass is 9.84. The SMILES string of the molecule is COc1ccc(CC(=O)C2C(C)OC(C)C2C)cc1OC. The summed E-state index contributed by atoms with van der Waals surface area (Å²) >= 11 is 0. The zero-order valence-corrected chi connectivity index (χ0v) is 13.4. The number of methoxy groups -OCH3 is 2. The van der Waals surface area contributed by atoms with Gasteiger partial charge >= 0.3 is 0 Å². The van der Waals surface area contributed by atoms with Crippen molar-refractivity contribution in [3.63, 3.8) is 0 Å². The Morgan fingerprint density at radius 1 is 1.10 bits per heavy atom. The van der Waals surface area contributed by atoms with E-state index in [2.05, 4.69) is 6.92 Å². The van der Waals surface area contributed by atoms with Crippen LogP contribution >= 0.6 is 0 Å². The first kappa shape index (κ1) is 15.8. The highest BCUT2D eigenvalue weighted by molar-refractivity contribution is 5.84. The van der Waals surface area contributed by atoms with Gasteiger partial charge in [-0.25, -0.2) is 0 Å². The van der Waals surface area contributed by atoms with Crippen molar-refractivity contribution in [2.75, 3.05) is 14.2 Å². The van der Waals surface area contributed by atoms with Gasteiger partial charge in [0.15, 0.2) is 11.5 Å². The van der Waals surface area contributed by atoms with E-state index >= 15 is 0 Å². The molecule has 1 aliphatic heterocycles. The minimum absolute atomic E-state index is 0.0114. The average molecular weight is 292 g/mol. The van der Waals surface area contributed by atoms with Gasteiger partial charge < -0.3 is 14.2 Å². The Bertz CT molecular complexity index is 512. The van der Waals surface area contributed by atoms with Gasteiger partial charge in [0.05, 0.1) is 26.4 Å². The van der Waals surface area contributed by atoms with Crippen LogP contribution in [0.15, 0.2) is 18.2 Å². The van der Waals surface area contributed by atoms with Crippen molar-refractivity contribution in [3.05, 3.63) is 23.8 Å². The number of rotatable bonds is 5. The van der Waals surface area contributed by atoms with E-state index in [0.717, 1.165) is 5.56 Å². The number of ether oxygens (including phenoxy) is 3. The monoisotopic (exact) mass is 292 g/mol. The highest BCUT2D eigenvalue weighted by Gasteiger charge is 2.40. The molecule has 0 aliphatic carbocycles. The van der Waals surface area contributed by atoms with Crippen molar-refractivity contribution < 1.29 is 19.0 Å². The first-order valence-corrected chi connectivity index (χ1v) is 7.37. The molecule has 0 bridgehead atoms. The zero-order chi connectivity index (χ0) is 15.6. The predicted octanol–water partition coefficient (Wildman–Crippen LogP) is 2.87. The molecule has 0 saturated carbocycles. The van der Waals surface area contributed by atoms with Gasteiger partial charge in [0.25, 0.3) is 0 Å². The van der Waals surface area contributed by atoms with Crippen molar-refractivity contribution in [2.24, 2.45) is 11.8 Å². The zero-order valence-electron chi connectivity index (χ0n) is 13.4. The third-order valence-electron chi connectivity index (χ3n) is 4.44. The quantitative estimate of drug-likeness (QED) is 0.837. The molecule has 4 atom stereocenters. The molecule has 1 aliphatic rings. The van der Waals surface area contributed by atoms with Crippen LogP contribution in [-0.2, 0) is 16.0 Å². The number of carbonyl (C=O) groups is 1. The molecule has 116 valence electrons. The Balaban J connectivity index is 2.13. The lowest BCUT2D eigenvalue weighted by Gasteiger charge is -2.17. The molecule has 4 heteroatoms. The van der Waals surface area contributed by atoms with E-state index in [1.165, 1.54) is 0 Å². The first-order chi connectivity index (χ1) is 9.97. The average Bonchev–Trinajstić information content (AvgIpc) is 2.71. The van der Waals surface area contributed by atoms with Crippen LogP contribution < -0.4 is 9.47 Å². The Morgan fingerprint density at radius 2 is 1.76 bits per heavy atom. The van der Waals surface area contributed by atoms with Gasteiger partial charge in [0, 0.05) is 12.3 Å². The topological polar surface area (TPSA) is 44.8 Å². The van der Waals surface area contributed by atoms with Crippen LogP contribution in [0.5, 0.6) is 11.5 Å². The van der Waals surface area contributed by atoms with Crippen molar-refractivity contribution in [3.8, 4) is 11.5 Å². The van der Waals surface area contributed by atoms with E-state index < -0.39 is 0 Å². The van der Waals surface area contributed by atoms with Crippen LogP contribution in [0, 0.1) is 11.8 Å². The molecule has 0 N–H and O–H groups in total. The standard InChI is InChI=1S/C17H24O4/c1-10-11(2)21-12(3)17(10)14(18)8-13-6-7-15(19-4)16(9-13)20-5/h6-7,9-12,17H,8H2,1-5H3. The number of hydrogen-bond acceptors (Lipinski definition) is 4. The van der Waals surface area contributed by atoms with Crippen molar-refractivity contribution in [2.45, 2.75) is 39.4 Å². The molecule has 4 nitrogen and oxygen atoms in total. The molecular formula is C17H24O4. The van der Waals surface area contributed by atoms with Gasteiger partial charge in [-0.2, -0.15) is 0 Å². The second-order valence-electron chi connectivity index (χ2n) is 5.76. The summed E-state index contributed by atoms with van der Waals surface area (Å²) in [4.78, 5) is 12.6. The van der Waals surface area contributed by atoms with Crippen LogP contribution in [0.25, 0.3) is 0 Å². The molecule has 0 aromatic heterocycles. The van der Waals surface area contributed by atoms with Crippen LogP contribution in [-0.4, -0.2) is 32.2 Å². The molecular weight excluding hydrogens is 268 g/mol. The molecule has 1 aromatic rings. The molecule has 0 radical (unpaired) electrons. The Hall–Kier alpha value is -1.55. The number of benzene rings is 1. The fourth-order valence-electron chi connectivity index (χ4n) is 3.13. The summed E-state index contributed by atoms with van der Waals surface area (Å²) in [6, 6.07) is 5.61. The van der Waals surface area contributed by atoms with Crippen LogP contribution in [0.2, 0.25) is 0 Å². The Labute approximate surface area is 126 Å². The molecule has 0 spiro atoms. The smallest absolute Gasteiger partial charge is 0.161 e. The minimum atomic E-state index is -0.0342. The summed E-state index contributed by atoms with van der Waals surface area (Å²) in [7, 11) is 3.20. The van der Waals surface area contributed by atoms with E-state index in [0.29, 0.717) is 17.9 Å². The van der Waals surface area contributed by atoms with Gasteiger partial charge in [-0.3, -0.25) is 4.79 Å². The highest BCUT2D eigenvalue weighted by Crippen LogP contribution is 2.34. The van der Waals surface area contributed by atoms with E-state index in [-0.39, 0.29) is 29.8 Å². The number of Topliss-reactive ketones (excluding diaryl/α,β-unsaturated/α-hetero) is 1. The van der Waals surface area contributed by atoms with Crippen LogP contribution in [0.3, 0.4) is 0 Å². The van der Waals surface area contributed by atoms with E-state index in [1.807, 2.05) is 32.0 Å².